The van der Waals surface area contributed by atoms with Crippen LogP contribution >= 0.6 is 0 Å². The van der Waals surface area contributed by atoms with Crippen LogP contribution in [0.1, 0.15) is 18.4 Å². The van der Waals surface area contributed by atoms with Crippen molar-refractivity contribution in [3.63, 3.8) is 0 Å². The van der Waals surface area contributed by atoms with Crippen LogP contribution in [0.5, 0.6) is 0 Å². The number of nitrogens with one attached hydrogen (secondary N) is 1. The minimum absolute atomic E-state index is 0.116. The topological polar surface area (TPSA) is 62.3 Å². The molecule has 1 aliphatic rings. The SMILES string of the molecule is COC1CCCN(c2ccc(C(=N)N)cc2)C1. The van der Waals surface area contributed by atoms with Gasteiger partial charge < -0.3 is 15.4 Å². The molecule has 1 unspecified atom stereocenters. The molecule has 1 saturated heterocycles. The van der Waals surface area contributed by atoms with Gasteiger partial charge in [-0.1, -0.05) is 0 Å². The monoisotopic (exact) mass is 233 g/mol. The molecule has 0 aromatic heterocycles. The van der Waals surface area contributed by atoms with Crippen LogP contribution in [0, 0.1) is 5.41 Å². The zero-order valence-corrected chi connectivity index (χ0v) is 10.1. The predicted molar refractivity (Wildman–Crippen MR) is 69.7 cm³/mol. The summed E-state index contributed by atoms with van der Waals surface area (Å²) in [6.45, 7) is 2.01. The predicted octanol–water partition coefficient (Wildman–Crippen LogP) is 1.59. The summed E-state index contributed by atoms with van der Waals surface area (Å²) in [7, 11) is 1.77. The number of rotatable bonds is 3. The number of nitrogen functional groups attached to an aromatic ring is 1. The molecule has 1 atom stereocenters. The molecule has 1 aliphatic heterocycles. The molecule has 0 radical (unpaired) electrons. The third-order valence-corrected chi connectivity index (χ3v) is 3.25. The number of methoxy groups -OCH3 is 1. The molecule has 1 heterocycles. The quantitative estimate of drug-likeness (QED) is 0.615. The zero-order valence-electron chi connectivity index (χ0n) is 10.1. The Kier molecular flexibility index (Phi) is 3.64. The molecule has 0 saturated carbocycles. The van der Waals surface area contributed by atoms with Gasteiger partial charge >= 0.3 is 0 Å². The van der Waals surface area contributed by atoms with Crippen molar-refractivity contribution in [2.45, 2.75) is 18.9 Å². The van der Waals surface area contributed by atoms with E-state index >= 15 is 0 Å². The summed E-state index contributed by atoms with van der Waals surface area (Å²) < 4.78 is 5.41. The van der Waals surface area contributed by atoms with Crippen LogP contribution in [-0.2, 0) is 4.74 Å². The van der Waals surface area contributed by atoms with Crippen LogP contribution in [0.4, 0.5) is 5.69 Å². The molecule has 1 fully saturated rings. The number of anilines is 1. The number of nitrogens with two attached hydrogens (primary N) is 1. The normalized spacial score (nSPS) is 20.3. The number of piperidine rings is 1. The van der Waals surface area contributed by atoms with Gasteiger partial charge in [0.1, 0.15) is 5.84 Å². The van der Waals surface area contributed by atoms with E-state index < -0.39 is 0 Å². The van der Waals surface area contributed by atoms with Crippen molar-refractivity contribution in [2.24, 2.45) is 5.73 Å². The lowest BCUT2D eigenvalue weighted by Crippen LogP contribution is -2.39. The minimum atomic E-state index is 0.116. The third kappa shape index (κ3) is 2.77. The van der Waals surface area contributed by atoms with Gasteiger partial charge in [0.05, 0.1) is 6.10 Å². The molecule has 1 aromatic carbocycles. The summed E-state index contributed by atoms with van der Waals surface area (Å²) in [4.78, 5) is 2.32. The first-order valence-electron chi connectivity index (χ1n) is 5.93. The van der Waals surface area contributed by atoms with Crippen molar-refractivity contribution in [1.29, 1.82) is 5.41 Å². The summed E-state index contributed by atoms with van der Waals surface area (Å²) in [5, 5.41) is 7.36. The lowest BCUT2D eigenvalue weighted by molar-refractivity contribution is 0.0893. The highest BCUT2D eigenvalue weighted by molar-refractivity contribution is 5.95. The fourth-order valence-corrected chi connectivity index (χ4v) is 2.22. The second kappa shape index (κ2) is 5.19. The Morgan fingerprint density at radius 2 is 2.12 bits per heavy atom. The Balaban J connectivity index is 2.08. The first-order chi connectivity index (χ1) is 8.20. The van der Waals surface area contributed by atoms with Crippen LogP contribution in [-0.4, -0.2) is 32.1 Å². The van der Waals surface area contributed by atoms with Crippen LogP contribution in [0.25, 0.3) is 0 Å². The van der Waals surface area contributed by atoms with Gasteiger partial charge in [-0.05, 0) is 37.1 Å². The molecule has 0 bridgehead atoms. The first kappa shape index (κ1) is 11.9. The Bertz CT molecular complexity index is 388. The molecule has 17 heavy (non-hydrogen) atoms. The molecule has 2 rings (SSSR count). The van der Waals surface area contributed by atoms with Gasteiger partial charge in [0.15, 0.2) is 0 Å². The molecule has 4 heteroatoms. The van der Waals surface area contributed by atoms with E-state index in [1.54, 1.807) is 7.11 Å². The standard InChI is InChI=1S/C13H19N3O/c1-17-12-3-2-8-16(9-12)11-6-4-10(5-7-11)13(14)15/h4-7,12H,2-3,8-9H2,1H3,(H3,14,15). The molecule has 0 aliphatic carbocycles. The van der Waals surface area contributed by atoms with Gasteiger partial charge in [-0.15, -0.1) is 0 Å². The number of nitrogens with zero attached hydrogens (tertiary/aromatic N) is 1. The van der Waals surface area contributed by atoms with E-state index in [1.807, 2.05) is 24.3 Å². The maximum atomic E-state index is 7.36. The Morgan fingerprint density at radius 3 is 2.71 bits per heavy atom. The van der Waals surface area contributed by atoms with Crippen LogP contribution in [0.2, 0.25) is 0 Å². The summed E-state index contributed by atoms with van der Waals surface area (Å²) >= 11 is 0. The van der Waals surface area contributed by atoms with E-state index in [4.69, 9.17) is 15.9 Å². The van der Waals surface area contributed by atoms with Crippen LogP contribution < -0.4 is 10.6 Å². The zero-order chi connectivity index (χ0) is 12.3. The summed E-state index contributed by atoms with van der Waals surface area (Å²) in [5.41, 5.74) is 7.39. The number of hydrogen-bond acceptors (Lipinski definition) is 3. The van der Waals surface area contributed by atoms with Crippen molar-refractivity contribution in [3.05, 3.63) is 29.8 Å². The molecule has 0 spiro atoms. The van der Waals surface area contributed by atoms with Crippen molar-refractivity contribution in [3.8, 4) is 0 Å². The van der Waals surface area contributed by atoms with Gasteiger partial charge in [-0.3, -0.25) is 5.41 Å². The molecule has 92 valence electrons. The number of hydrogen-bond donors (Lipinski definition) is 2. The van der Waals surface area contributed by atoms with Crippen molar-refractivity contribution >= 4 is 11.5 Å². The van der Waals surface area contributed by atoms with E-state index in [1.165, 1.54) is 5.69 Å². The largest absolute Gasteiger partial charge is 0.384 e. The average molecular weight is 233 g/mol. The molecular weight excluding hydrogens is 214 g/mol. The van der Waals surface area contributed by atoms with Crippen molar-refractivity contribution in [1.82, 2.24) is 0 Å². The van der Waals surface area contributed by atoms with E-state index in [2.05, 4.69) is 4.90 Å². The average Bonchev–Trinajstić information content (AvgIpc) is 2.39. The maximum absolute atomic E-state index is 7.36. The van der Waals surface area contributed by atoms with E-state index in [0.717, 1.165) is 31.5 Å². The van der Waals surface area contributed by atoms with Crippen LogP contribution in [0.3, 0.4) is 0 Å². The maximum Gasteiger partial charge on any atom is 0.122 e. The van der Waals surface area contributed by atoms with E-state index in [9.17, 15) is 0 Å². The molecular formula is C13H19N3O. The Labute approximate surface area is 102 Å². The van der Waals surface area contributed by atoms with Gasteiger partial charge in [-0.2, -0.15) is 0 Å². The van der Waals surface area contributed by atoms with Gasteiger partial charge in [-0.25, -0.2) is 0 Å². The molecule has 3 N–H and O–H groups in total. The smallest absolute Gasteiger partial charge is 0.122 e. The second-order valence-corrected chi connectivity index (χ2v) is 4.41. The minimum Gasteiger partial charge on any atom is -0.384 e. The molecule has 1 aromatic rings. The van der Waals surface area contributed by atoms with E-state index in [0.29, 0.717) is 6.10 Å². The van der Waals surface area contributed by atoms with Gasteiger partial charge in [0.2, 0.25) is 0 Å². The number of benzene rings is 1. The summed E-state index contributed by atoms with van der Waals surface area (Å²) in [6.07, 6.45) is 2.63. The van der Waals surface area contributed by atoms with Crippen LogP contribution in [0.15, 0.2) is 24.3 Å². The lowest BCUT2D eigenvalue weighted by Gasteiger charge is -2.33. The molecule has 4 nitrogen and oxygen atoms in total. The van der Waals surface area contributed by atoms with Crippen molar-refractivity contribution < 1.29 is 4.74 Å². The van der Waals surface area contributed by atoms with Crippen molar-refractivity contribution in [2.75, 3.05) is 25.1 Å². The highest BCUT2D eigenvalue weighted by Crippen LogP contribution is 2.21. The fourth-order valence-electron chi connectivity index (χ4n) is 2.22. The Hall–Kier alpha value is -1.55. The van der Waals surface area contributed by atoms with Gasteiger partial charge in [0, 0.05) is 31.5 Å². The Morgan fingerprint density at radius 1 is 1.41 bits per heavy atom. The first-order valence-corrected chi connectivity index (χ1v) is 5.93. The lowest BCUT2D eigenvalue weighted by atomic mass is 10.1. The van der Waals surface area contributed by atoms with Gasteiger partial charge in [0.25, 0.3) is 0 Å². The molecule has 0 amide bonds. The third-order valence-electron chi connectivity index (χ3n) is 3.25. The number of amidine groups is 1. The van der Waals surface area contributed by atoms with E-state index in [-0.39, 0.29) is 5.84 Å². The highest BCUT2D eigenvalue weighted by atomic mass is 16.5. The highest BCUT2D eigenvalue weighted by Gasteiger charge is 2.19. The summed E-state index contributed by atoms with van der Waals surface area (Å²) in [5.74, 6) is 0.116. The second-order valence-electron chi connectivity index (χ2n) is 4.41. The fraction of sp³-hybridized carbons (Fsp3) is 0.462. The number of ether oxygens (including phenoxy) is 1. The summed E-state index contributed by atoms with van der Waals surface area (Å²) in [6, 6.07) is 7.84.